The van der Waals surface area contributed by atoms with Crippen LogP contribution in [0.25, 0.3) is 12.2 Å². The largest absolute Gasteiger partial charge is 0.303 e. The Morgan fingerprint density at radius 1 is 0.792 bits per heavy atom. The molecule has 0 atom stereocenters. The fourth-order valence-electron chi connectivity index (χ4n) is 2.95. The Morgan fingerprint density at radius 3 is 1.79 bits per heavy atom. The van der Waals surface area contributed by atoms with Crippen LogP contribution in [0.2, 0.25) is 0 Å². The van der Waals surface area contributed by atoms with Crippen molar-refractivity contribution in [1.82, 2.24) is 4.57 Å². The number of hydrogen-bond acceptors (Lipinski definition) is 1. The normalized spacial score (nSPS) is 10.5. The Labute approximate surface area is 142 Å². The number of pyridine rings is 1. The van der Waals surface area contributed by atoms with Crippen LogP contribution in [0.5, 0.6) is 0 Å². The molecule has 0 radical (unpaired) electrons. The van der Waals surface area contributed by atoms with Crippen molar-refractivity contribution >= 4 is 12.2 Å². The van der Waals surface area contributed by atoms with Crippen molar-refractivity contribution < 1.29 is 0 Å². The highest BCUT2D eigenvalue weighted by atomic mass is 16.1. The Balaban J connectivity index is 2.27. The van der Waals surface area contributed by atoms with Gasteiger partial charge in [-0.15, -0.1) is 0 Å². The standard InChI is InChI=1S/C22H19NO/c1-3-17-15-16-23(22(24)20(17)4-2)21(18-11-7-5-8-12-18)19-13-9-6-10-14-19/h3-16,21H,1-2H2. The van der Waals surface area contributed by atoms with Gasteiger partial charge in [0.25, 0.3) is 5.56 Å². The molecule has 2 heteroatoms. The topological polar surface area (TPSA) is 22.0 Å². The van der Waals surface area contributed by atoms with Gasteiger partial charge in [0.1, 0.15) is 0 Å². The minimum absolute atomic E-state index is 0.0693. The van der Waals surface area contributed by atoms with E-state index >= 15 is 0 Å². The van der Waals surface area contributed by atoms with Gasteiger partial charge in [0.2, 0.25) is 0 Å². The molecule has 1 heterocycles. The predicted octanol–water partition coefficient (Wildman–Crippen LogP) is 4.77. The maximum atomic E-state index is 13.0. The number of hydrogen-bond donors (Lipinski definition) is 0. The maximum Gasteiger partial charge on any atom is 0.259 e. The van der Waals surface area contributed by atoms with E-state index in [4.69, 9.17) is 0 Å². The molecule has 0 unspecified atom stereocenters. The van der Waals surface area contributed by atoms with E-state index in [0.717, 1.165) is 16.7 Å². The molecule has 0 N–H and O–H groups in total. The van der Waals surface area contributed by atoms with Crippen molar-refractivity contribution in [2.75, 3.05) is 0 Å². The molecule has 118 valence electrons. The highest BCUT2D eigenvalue weighted by Crippen LogP contribution is 2.25. The predicted molar refractivity (Wildman–Crippen MR) is 101 cm³/mol. The summed E-state index contributed by atoms with van der Waals surface area (Å²) < 4.78 is 1.76. The Morgan fingerprint density at radius 2 is 1.33 bits per heavy atom. The average molecular weight is 313 g/mol. The second-order valence-corrected chi connectivity index (χ2v) is 5.53. The summed E-state index contributed by atoms with van der Waals surface area (Å²) in [6, 6.07) is 21.8. The van der Waals surface area contributed by atoms with E-state index in [2.05, 4.69) is 13.2 Å². The van der Waals surface area contributed by atoms with Crippen molar-refractivity contribution in [1.29, 1.82) is 0 Å². The summed E-state index contributed by atoms with van der Waals surface area (Å²) in [6.45, 7) is 7.56. The van der Waals surface area contributed by atoms with Gasteiger partial charge in [-0.3, -0.25) is 4.79 Å². The smallest absolute Gasteiger partial charge is 0.259 e. The van der Waals surface area contributed by atoms with E-state index in [9.17, 15) is 4.79 Å². The second-order valence-electron chi connectivity index (χ2n) is 5.53. The van der Waals surface area contributed by atoms with Gasteiger partial charge < -0.3 is 4.57 Å². The second kappa shape index (κ2) is 6.97. The number of aromatic nitrogens is 1. The number of rotatable bonds is 5. The number of benzene rings is 2. The van der Waals surface area contributed by atoms with Crippen LogP contribution in [-0.2, 0) is 0 Å². The molecule has 0 aliphatic heterocycles. The van der Waals surface area contributed by atoms with Crippen LogP contribution in [0.1, 0.15) is 28.3 Å². The molecular formula is C22H19NO. The van der Waals surface area contributed by atoms with Crippen molar-refractivity contribution in [2.45, 2.75) is 6.04 Å². The van der Waals surface area contributed by atoms with Crippen LogP contribution in [-0.4, -0.2) is 4.57 Å². The molecule has 0 bridgehead atoms. The zero-order chi connectivity index (χ0) is 16.9. The van der Waals surface area contributed by atoms with E-state index in [0.29, 0.717) is 5.56 Å². The lowest BCUT2D eigenvalue weighted by atomic mass is 9.97. The lowest BCUT2D eigenvalue weighted by Crippen LogP contribution is -2.28. The molecule has 2 aromatic carbocycles. The molecule has 3 rings (SSSR count). The summed E-state index contributed by atoms with van der Waals surface area (Å²) in [7, 11) is 0. The zero-order valence-corrected chi connectivity index (χ0v) is 13.4. The van der Waals surface area contributed by atoms with Crippen LogP contribution < -0.4 is 5.56 Å². The van der Waals surface area contributed by atoms with Gasteiger partial charge in [0, 0.05) is 11.8 Å². The quantitative estimate of drug-likeness (QED) is 0.665. The van der Waals surface area contributed by atoms with Crippen molar-refractivity contribution in [2.24, 2.45) is 0 Å². The number of nitrogens with zero attached hydrogens (tertiary/aromatic N) is 1. The molecule has 1 aromatic heterocycles. The molecule has 0 fully saturated rings. The van der Waals surface area contributed by atoms with Crippen LogP contribution in [0.15, 0.2) is 90.9 Å². The average Bonchev–Trinajstić information content (AvgIpc) is 2.65. The molecule has 0 spiro atoms. The Kier molecular flexibility index (Phi) is 4.57. The van der Waals surface area contributed by atoms with Gasteiger partial charge in [-0.1, -0.05) is 86.0 Å². The third kappa shape index (κ3) is 2.86. The fraction of sp³-hybridized carbons (Fsp3) is 0.0455. The van der Waals surface area contributed by atoms with Gasteiger partial charge in [-0.25, -0.2) is 0 Å². The lowest BCUT2D eigenvalue weighted by molar-refractivity contribution is 0.649. The SMILES string of the molecule is C=Cc1ccn(C(c2ccccc2)c2ccccc2)c(=O)c1C=C. The molecule has 3 aromatic rings. The van der Waals surface area contributed by atoms with Gasteiger partial charge in [0.15, 0.2) is 0 Å². The third-order valence-electron chi connectivity index (χ3n) is 4.12. The van der Waals surface area contributed by atoms with E-state index in [-0.39, 0.29) is 11.6 Å². The molecule has 0 aliphatic carbocycles. The molecular weight excluding hydrogens is 294 g/mol. The Bertz CT molecular complexity index is 868. The Hall–Kier alpha value is -3.13. The van der Waals surface area contributed by atoms with Gasteiger partial charge in [0.05, 0.1) is 6.04 Å². The molecule has 0 aliphatic rings. The fourth-order valence-corrected chi connectivity index (χ4v) is 2.95. The van der Waals surface area contributed by atoms with Crippen molar-refractivity contribution in [3.8, 4) is 0 Å². The molecule has 0 saturated heterocycles. The highest BCUT2D eigenvalue weighted by Gasteiger charge is 2.18. The van der Waals surface area contributed by atoms with Gasteiger partial charge >= 0.3 is 0 Å². The first-order chi connectivity index (χ1) is 11.8. The molecule has 0 saturated carbocycles. The first-order valence-electron chi connectivity index (χ1n) is 7.86. The molecule has 2 nitrogen and oxygen atoms in total. The van der Waals surface area contributed by atoms with Crippen LogP contribution in [0.4, 0.5) is 0 Å². The zero-order valence-electron chi connectivity index (χ0n) is 13.4. The van der Waals surface area contributed by atoms with E-state index in [1.165, 1.54) is 0 Å². The van der Waals surface area contributed by atoms with Gasteiger partial charge in [-0.05, 0) is 22.8 Å². The maximum absolute atomic E-state index is 13.0. The third-order valence-corrected chi connectivity index (χ3v) is 4.12. The molecule has 0 amide bonds. The summed E-state index contributed by atoms with van der Waals surface area (Å²) in [4.78, 5) is 13.0. The van der Waals surface area contributed by atoms with Crippen molar-refractivity contribution in [3.05, 3.63) is 119 Å². The first kappa shape index (κ1) is 15.8. The summed E-state index contributed by atoms with van der Waals surface area (Å²) in [5.74, 6) is 0. The molecule has 24 heavy (non-hydrogen) atoms. The van der Waals surface area contributed by atoms with E-state index < -0.39 is 0 Å². The van der Waals surface area contributed by atoms with Crippen molar-refractivity contribution in [3.63, 3.8) is 0 Å². The van der Waals surface area contributed by atoms with Crippen LogP contribution >= 0.6 is 0 Å². The van der Waals surface area contributed by atoms with Gasteiger partial charge in [-0.2, -0.15) is 0 Å². The van der Waals surface area contributed by atoms with Crippen LogP contribution in [0, 0.1) is 0 Å². The van der Waals surface area contributed by atoms with Crippen LogP contribution in [0.3, 0.4) is 0 Å². The van der Waals surface area contributed by atoms with E-state index in [1.54, 1.807) is 16.7 Å². The minimum Gasteiger partial charge on any atom is -0.303 e. The lowest BCUT2D eigenvalue weighted by Gasteiger charge is -2.22. The highest BCUT2D eigenvalue weighted by molar-refractivity contribution is 5.62. The summed E-state index contributed by atoms with van der Waals surface area (Å²) in [5.41, 5.74) is 3.43. The summed E-state index contributed by atoms with van der Waals surface area (Å²) in [5, 5.41) is 0. The first-order valence-corrected chi connectivity index (χ1v) is 7.86. The monoisotopic (exact) mass is 313 g/mol. The minimum atomic E-state index is -0.183. The summed E-state index contributed by atoms with van der Waals surface area (Å²) in [6.07, 6.45) is 5.11. The summed E-state index contributed by atoms with van der Waals surface area (Å²) >= 11 is 0. The van der Waals surface area contributed by atoms with E-state index in [1.807, 2.05) is 72.9 Å².